The molecule has 0 amide bonds. The van der Waals surface area contributed by atoms with Crippen molar-refractivity contribution in [3.05, 3.63) is 70.8 Å². The molecule has 2 aromatic carbocycles. The van der Waals surface area contributed by atoms with Crippen LogP contribution in [0, 0.1) is 0 Å². The lowest BCUT2D eigenvalue weighted by molar-refractivity contribution is -0.456. The smallest absolute Gasteiger partial charge is 0.222 e. The van der Waals surface area contributed by atoms with Gasteiger partial charge in [-0.15, -0.1) is 0 Å². The molecule has 0 radical (unpaired) electrons. The van der Waals surface area contributed by atoms with Crippen LogP contribution in [0.3, 0.4) is 0 Å². The zero-order valence-electron chi connectivity index (χ0n) is 32.5. The molecule has 15 rings (SSSR count). The van der Waals surface area contributed by atoms with E-state index >= 15 is 0 Å². The fourth-order valence-electron chi connectivity index (χ4n) is 8.63. The van der Waals surface area contributed by atoms with Gasteiger partial charge < -0.3 is 97.7 Å². The second-order valence-corrected chi connectivity index (χ2v) is 16.4. The zero-order chi connectivity index (χ0) is 41.9. The average molecular weight is 853 g/mol. The summed E-state index contributed by atoms with van der Waals surface area (Å²) in [5.41, 5.74) is 2.65. The average Bonchev–Trinajstić information content (AvgIpc) is 3.26. The van der Waals surface area contributed by atoms with Crippen LogP contribution in [0.1, 0.15) is 22.3 Å². The van der Waals surface area contributed by atoms with E-state index in [1.54, 1.807) is 48.5 Å². The number of rotatable bonds is 0. The highest BCUT2D eigenvalue weighted by Crippen LogP contribution is 2.43. The molecule has 13 aliphatic heterocycles. The van der Waals surface area contributed by atoms with Crippen molar-refractivity contribution in [2.45, 2.75) is 123 Å². The zero-order valence-corrected chi connectivity index (χ0v) is 32.5. The molecule has 332 valence electrons. The molecule has 0 aliphatic carbocycles. The minimum Gasteiger partial charge on any atom is -0.388 e. The van der Waals surface area contributed by atoms with Gasteiger partial charge in [-0.2, -0.15) is 0 Å². The van der Waals surface area contributed by atoms with E-state index in [0.717, 1.165) is 0 Å². The minimum atomic E-state index is -1.70. The van der Waals surface area contributed by atoms with E-state index < -0.39 is 96.4 Å². The molecular formula is C40H52O20. The van der Waals surface area contributed by atoms with E-state index in [4.69, 9.17) is 56.8 Å². The van der Waals surface area contributed by atoms with E-state index in [1.807, 2.05) is 0 Å². The van der Waals surface area contributed by atoms with Gasteiger partial charge in [-0.25, -0.2) is 0 Å². The number of hydrogen-bond acceptors (Lipinski definition) is 20. The van der Waals surface area contributed by atoms with Gasteiger partial charge >= 0.3 is 0 Å². The lowest BCUT2D eigenvalue weighted by Gasteiger charge is -2.55. The van der Waals surface area contributed by atoms with Crippen LogP contribution in [0.2, 0.25) is 0 Å². The van der Waals surface area contributed by atoms with Crippen LogP contribution in [0.5, 0.6) is 0 Å². The Hall–Kier alpha value is -2.36. The van der Waals surface area contributed by atoms with Crippen LogP contribution in [-0.4, -0.2) is 190 Å². The molecule has 60 heavy (non-hydrogen) atoms. The first-order chi connectivity index (χ1) is 28.8. The molecular weight excluding hydrogens is 800 g/mol. The summed E-state index contributed by atoms with van der Waals surface area (Å²) < 4.78 is 73.7. The molecule has 0 unspecified atom stereocenters. The van der Waals surface area contributed by atoms with Crippen molar-refractivity contribution in [2.75, 3.05) is 52.9 Å². The molecule has 6 saturated heterocycles. The second-order valence-electron chi connectivity index (χ2n) is 16.4. The van der Waals surface area contributed by atoms with E-state index in [2.05, 4.69) is 0 Å². The molecule has 20 heteroatoms. The standard InChI is InChI=1S/C40H52O20/c41-25-13-53-37-17-58-39(19-57-37)35(31(47)27(43)15-55-39)51-11-23-5-7-24(8-6-23)12-52-36-32(48)28(44)16-56-40(36)20-59-38(18-60-40)34(30(46)26(42)14-54-38)50-10-22-2-1-21(3-4-22)9-49-33(37)29(25)45/h1-8,25-36,41-48H,9-20H2/t25-,26-,27-,28-,29-,30-,31-,32-,33+,34+,35+,36+,37+,38+,39+,40+/m1/s1. The van der Waals surface area contributed by atoms with Crippen molar-refractivity contribution in [3.8, 4) is 0 Å². The summed E-state index contributed by atoms with van der Waals surface area (Å²) in [4.78, 5) is 0. The lowest BCUT2D eigenvalue weighted by Crippen LogP contribution is -2.73. The van der Waals surface area contributed by atoms with Crippen molar-refractivity contribution in [3.63, 3.8) is 0 Å². The minimum absolute atomic E-state index is 0.0585. The highest BCUT2D eigenvalue weighted by atomic mass is 16.8. The normalized spacial score (nSPS) is 46.7. The molecule has 8 N–H and O–H groups in total. The van der Waals surface area contributed by atoms with Gasteiger partial charge in [0.1, 0.15) is 99.7 Å². The highest BCUT2D eigenvalue weighted by Gasteiger charge is 2.64. The van der Waals surface area contributed by atoms with E-state index in [-0.39, 0.29) is 79.3 Å². The third-order valence-electron chi connectivity index (χ3n) is 12.4. The van der Waals surface area contributed by atoms with Crippen molar-refractivity contribution in [1.82, 2.24) is 0 Å². The topological polar surface area (TPSA) is 273 Å². The van der Waals surface area contributed by atoms with E-state index in [0.29, 0.717) is 22.3 Å². The maximum atomic E-state index is 11.2. The number of aliphatic hydroxyl groups is 8. The number of aliphatic hydroxyl groups excluding tert-OH is 8. The van der Waals surface area contributed by atoms with E-state index in [9.17, 15) is 40.9 Å². The maximum Gasteiger partial charge on any atom is 0.222 e. The molecule has 0 saturated carbocycles. The molecule has 20 nitrogen and oxygen atoms in total. The summed E-state index contributed by atoms with van der Waals surface area (Å²) in [5.74, 6) is -6.78. The second kappa shape index (κ2) is 17.0. The van der Waals surface area contributed by atoms with Crippen LogP contribution in [0.4, 0.5) is 0 Å². The Morgan fingerprint density at radius 1 is 0.317 bits per heavy atom. The molecule has 8 bridgehead atoms. The Labute approximate surface area is 343 Å². The van der Waals surface area contributed by atoms with Crippen LogP contribution in [0.15, 0.2) is 48.5 Å². The molecule has 13 heterocycles. The molecule has 4 spiro atoms. The maximum absolute atomic E-state index is 11.2. The first-order valence-electron chi connectivity index (χ1n) is 20.0. The third kappa shape index (κ3) is 7.83. The van der Waals surface area contributed by atoms with Crippen molar-refractivity contribution in [2.24, 2.45) is 0 Å². The first kappa shape index (κ1) is 42.9. The summed E-state index contributed by atoms with van der Waals surface area (Å²) in [6.07, 6.45) is -15.9. The highest BCUT2D eigenvalue weighted by molar-refractivity contribution is 5.23. The molecule has 0 aromatic heterocycles. The van der Waals surface area contributed by atoms with Gasteiger partial charge in [-0.1, -0.05) is 48.5 Å². The molecule has 6 fully saturated rings. The van der Waals surface area contributed by atoms with Gasteiger partial charge in [0.15, 0.2) is 0 Å². The van der Waals surface area contributed by atoms with Gasteiger partial charge in [0.2, 0.25) is 23.1 Å². The number of hydrogen-bond donors (Lipinski definition) is 8. The Bertz CT molecular complexity index is 1490. The van der Waals surface area contributed by atoms with Gasteiger partial charge in [-0.05, 0) is 22.3 Å². The van der Waals surface area contributed by atoms with Crippen LogP contribution < -0.4 is 0 Å². The van der Waals surface area contributed by atoms with Crippen molar-refractivity contribution >= 4 is 0 Å². The fourth-order valence-corrected chi connectivity index (χ4v) is 8.63. The number of ether oxygens (including phenoxy) is 12. The van der Waals surface area contributed by atoms with Gasteiger partial charge in [0.25, 0.3) is 0 Å². The van der Waals surface area contributed by atoms with Crippen LogP contribution >= 0.6 is 0 Å². The van der Waals surface area contributed by atoms with Gasteiger partial charge in [0.05, 0.1) is 52.9 Å². The molecule has 2 aromatic rings. The Morgan fingerprint density at radius 3 is 0.700 bits per heavy atom. The summed E-state index contributed by atoms with van der Waals surface area (Å²) in [6.45, 7) is -2.85. The van der Waals surface area contributed by atoms with Crippen LogP contribution in [-0.2, 0) is 83.3 Å². The fraction of sp³-hybridized carbons (Fsp3) is 0.700. The molecule has 16 atom stereocenters. The summed E-state index contributed by atoms with van der Waals surface area (Å²) in [6, 6.07) is 14.0. The first-order valence-corrected chi connectivity index (χ1v) is 20.0. The van der Waals surface area contributed by atoms with Gasteiger partial charge in [0, 0.05) is 0 Å². The van der Waals surface area contributed by atoms with Crippen molar-refractivity contribution < 1.29 is 97.7 Å². The number of benzene rings is 2. The summed E-state index contributed by atoms with van der Waals surface area (Å²) >= 11 is 0. The SMILES string of the molecule is O[C@@H]1[C@H](O)CO[C@@]23CO[C@]4(CO2)OC[C@@H](O)[C@@H](O)[C@@H]4OCc2ccc(cc2)CO[C@H]2[C@H](O)[C@H](O)CO[C@]24CO[C@]2(CO4)OC[C@@H](O)[C@@H](O)[C@@H]2OCc2ccc(cc2)CO[C@@H]13. The monoisotopic (exact) mass is 852 g/mol. The predicted octanol–water partition coefficient (Wildman–Crippen LogP) is -3.17. The Kier molecular flexibility index (Phi) is 12.1. The lowest BCUT2D eigenvalue weighted by atomic mass is 9.92. The third-order valence-corrected chi connectivity index (χ3v) is 12.4. The summed E-state index contributed by atoms with van der Waals surface area (Å²) in [5, 5.41) is 86.9. The van der Waals surface area contributed by atoms with Gasteiger partial charge in [-0.3, -0.25) is 0 Å². The van der Waals surface area contributed by atoms with E-state index in [1.165, 1.54) is 0 Å². The quantitative estimate of drug-likeness (QED) is 0.130. The van der Waals surface area contributed by atoms with Crippen molar-refractivity contribution in [1.29, 1.82) is 0 Å². The largest absolute Gasteiger partial charge is 0.388 e. The van der Waals surface area contributed by atoms with Crippen LogP contribution in [0.25, 0.3) is 0 Å². The molecule has 13 aliphatic rings. The summed E-state index contributed by atoms with van der Waals surface area (Å²) in [7, 11) is 0. The Balaban J connectivity index is 1.00. The Morgan fingerprint density at radius 2 is 0.517 bits per heavy atom. The predicted molar refractivity (Wildman–Crippen MR) is 194 cm³/mol.